The smallest absolute Gasteiger partial charge is 0.410 e. The number of ether oxygens (including phenoxy) is 1. The van der Waals surface area contributed by atoms with Crippen molar-refractivity contribution in [2.24, 2.45) is 0 Å². The zero-order chi connectivity index (χ0) is 22.7. The molecule has 0 spiro atoms. The second-order valence-electron chi connectivity index (χ2n) is 7.62. The number of benzene rings is 3. The molecule has 3 aromatic carbocycles. The van der Waals surface area contributed by atoms with E-state index >= 15 is 0 Å². The first-order valence-corrected chi connectivity index (χ1v) is 10.2. The Hall–Kier alpha value is -3.74. The molecule has 1 aliphatic rings. The maximum atomic E-state index is 13.4. The van der Waals surface area contributed by atoms with Gasteiger partial charge >= 0.3 is 12.1 Å². The topological polar surface area (TPSA) is 66.8 Å². The highest BCUT2D eigenvalue weighted by Gasteiger charge is 2.30. The highest BCUT2D eigenvalue weighted by Crippen LogP contribution is 2.44. The van der Waals surface area contributed by atoms with Crippen LogP contribution >= 0.6 is 0 Å². The van der Waals surface area contributed by atoms with Crippen molar-refractivity contribution in [1.82, 2.24) is 4.90 Å². The predicted molar refractivity (Wildman–Crippen MR) is 114 cm³/mol. The van der Waals surface area contributed by atoms with Gasteiger partial charge in [0.1, 0.15) is 13.2 Å². The quantitative estimate of drug-likeness (QED) is 0.574. The predicted octanol–water partition coefficient (Wildman–Crippen LogP) is 4.84. The number of carboxylic acids is 1. The van der Waals surface area contributed by atoms with Gasteiger partial charge in [-0.2, -0.15) is 0 Å². The van der Waals surface area contributed by atoms with Crippen LogP contribution in [0.15, 0.2) is 66.7 Å². The first kappa shape index (κ1) is 21.5. The third-order valence-corrected chi connectivity index (χ3v) is 5.57. The molecule has 0 unspecified atom stereocenters. The lowest BCUT2D eigenvalue weighted by Gasteiger charge is -2.22. The summed E-state index contributed by atoms with van der Waals surface area (Å²) in [5.41, 5.74) is 4.72. The SMILES string of the molecule is O=C(O)CN(CCc1ccc(F)c(F)c1)C(=O)OCC1c2ccccc2-c2ccccc21. The summed E-state index contributed by atoms with van der Waals surface area (Å²) in [7, 11) is 0. The number of nitrogens with zero attached hydrogens (tertiary/aromatic N) is 1. The number of amides is 1. The molecule has 0 bridgehead atoms. The number of carbonyl (C=O) groups is 2. The number of hydrogen-bond donors (Lipinski definition) is 1. The molecule has 0 atom stereocenters. The molecule has 32 heavy (non-hydrogen) atoms. The summed E-state index contributed by atoms with van der Waals surface area (Å²) in [6.45, 7) is -0.497. The van der Waals surface area contributed by atoms with Gasteiger partial charge in [-0.3, -0.25) is 9.69 Å². The maximum absolute atomic E-state index is 13.4. The van der Waals surface area contributed by atoms with Crippen LogP contribution in [-0.4, -0.2) is 41.8 Å². The summed E-state index contributed by atoms with van der Waals surface area (Å²) in [5, 5.41) is 9.19. The molecular weight excluding hydrogens is 416 g/mol. The second-order valence-corrected chi connectivity index (χ2v) is 7.62. The standard InChI is InChI=1S/C25H21F2NO4/c26-22-10-9-16(13-23(22)27)11-12-28(14-24(29)30)25(31)32-15-21-19-7-3-1-5-17(19)18-6-2-4-8-20(18)21/h1-10,13,21H,11-12,14-15H2,(H,29,30). The third kappa shape index (κ3) is 4.46. The van der Waals surface area contributed by atoms with E-state index in [1.54, 1.807) is 0 Å². The first-order valence-electron chi connectivity index (χ1n) is 10.2. The van der Waals surface area contributed by atoms with E-state index in [1.807, 2.05) is 48.5 Å². The molecule has 0 aromatic heterocycles. The zero-order valence-electron chi connectivity index (χ0n) is 17.1. The summed E-state index contributed by atoms with van der Waals surface area (Å²) < 4.78 is 32.1. The van der Waals surface area contributed by atoms with Gasteiger partial charge in [0, 0.05) is 12.5 Å². The molecule has 5 nitrogen and oxygen atoms in total. The maximum Gasteiger partial charge on any atom is 0.410 e. The molecule has 0 heterocycles. The van der Waals surface area contributed by atoms with E-state index in [4.69, 9.17) is 4.74 Å². The first-order chi connectivity index (χ1) is 15.4. The number of carbonyl (C=O) groups excluding carboxylic acids is 1. The van der Waals surface area contributed by atoms with E-state index in [1.165, 1.54) is 6.07 Å². The number of aliphatic carboxylic acids is 1. The molecule has 1 N–H and O–H groups in total. The molecule has 0 aliphatic heterocycles. The van der Waals surface area contributed by atoms with E-state index in [-0.39, 0.29) is 25.5 Å². The highest BCUT2D eigenvalue weighted by atomic mass is 19.2. The van der Waals surface area contributed by atoms with Crippen molar-refractivity contribution in [3.63, 3.8) is 0 Å². The average molecular weight is 437 g/mol. The summed E-state index contributed by atoms with van der Waals surface area (Å²) in [5.74, 6) is -3.30. The Morgan fingerprint density at radius 2 is 1.53 bits per heavy atom. The minimum atomic E-state index is -1.19. The van der Waals surface area contributed by atoms with Gasteiger partial charge in [0.05, 0.1) is 0 Å². The van der Waals surface area contributed by atoms with Crippen molar-refractivity contribution in [3.05, 3.63) is 95.1 Å². The lowest BCUT2D eigenvalue weighted by atomic mass is 9.98. The van der Waals surface area contributed by atoms with Crippen LogP contribution in [0.2, 0.25) is 0 Å². The van der Waals surface area contributed by atoms with E-state index in [0.717, 1.165) is 39.3 Å². The van der Waals surface area contributed by atoms with Crippen LogP contribution in [0.1, 0.15) is 22.6 Å². The monoisotopic (exact) mass is 437 g/mol. The van der Waals surface area contributed by atoms with Gasteiger partial charge in [0.25, 0.3) is 0 Å². The molecule has 0 saturated carbocycles. The van der Waals surface area contributed by atoms with Gasteiger partial charge < -0.3 is 9.84 Å². The number of rotatable bonds is 7. The fourth-order valence-corrected chi connectivity index (χ4v) is 4.04. The minimum absolute atomic E-state index is 0.00591. The van der Waals surface area contributed by atoms with Crippen molar-refractivity contribution in [3.8, 4) is 11.1 Å². The van der Waals surface area contributed by atoms with Crippen LogP contribution in [0.5, 0.6) is 0 Å². The van der Waals surface area contributed by atoms with Gasteiger partial charge in [-0.05, 0) is 46.4 Å². The summed E-state index contributed by atoms with van der Waals surface area (Å²) in [6, 6.07) is 19.2. The zero-order valence-corrected chi connectivity index (χ0v) is 17.1. The number of hydrogen-bond acceptors (Lipinski definition) is 3. The van der Waals surface area contributed by atoms with Crippen molar-refractivity contribution in [2.75, 3.05) is 19.7 Å². The molecule has 1 aliphatic carbocycles. The molecule has 164 valence electrons. The Labute approximate surface area is 183 Å². The van der Waals surface area contributed by atoms with E-state index < -0.39 is 30.2 Å². The van der Waals surface area contributed by atoms with Crippen molar-refractivity contribution in [2.45, 2.75) is 12.3 Å². The third-order valence-electron chi connectivity index (χ3n) is 5.57. The van der Waals surface area contributed by atoms with E-state index in [2.05, 4.69) is 0 Å². The molecule has 7 heteroatoms. The molecule has 4 rings (SSSR count). The molecule has 3 aromatic rings. The van der Waals surface area contributed by atoms with Crippen LogP contribution in [0.4, 0.5) is 13.6 Å². The molecule has 0 saturated heterocycles. The van der Waals surface area contributed by atoms with Gasteiger partial charge in [-0.15, -0.1) is 0 Å². The second kappa shape index (κ2) is 9.18. The van der Waals surface area contributed by atoms with Gasteiger partial charge in [0.2, 0.25) is 0 Å². The van der Waals surface area contributed by atoms with E-state index in [0.29, 0.717) is 5.56 Å². The van der Waals surface area contributed by atoms with Gasteiger partial charge in [0.15, 0.2) is 11.6 Å². The fraction of sp³-hybridized carbons (Fsp3) is 0.200. The van der Waals surface area contributed by atoms with E-state index in [9.17, 15) is 23.5 Å². The minimum Gasteiger partial charge on any atom is -0.480 e. The Balaban J connectivity index is 1.45. The van der Waals surface area contributed by atoms with Crippen molar-refractivity contribution in [1.29, 1.82) is 0 Å². The lowest BCUT2D eigenvalue weighted by molar-refractivity contribution is -0.138. The Morgan fingerprint density at radius 1 is 0.906 bits per heavy atom. The summed E-state index contributed by atoms with van der Waals surface area (Å²) in [4.78, 5) is 25.0. The number of fused-ring (bicyclic) bond motifs is 3. The van der Waals surface area contributed by atoms with Crippen molar-refractivity contribution >= 4 is 12.1 Å². The highest BCUT2D eigenvalue weighted by molar-refractivity contribution is 5.79. The molecule has 0 fully saturated rings. The molecule has 1 amide bonds. The van der Waals surface area contributed by atoms with Crippen LogP contribution in [0.25, 0.3) is 11.1 Å². The largest absolute Gasteiger partial charge is 0.480 e. The van der Waals surface area contributed by atoms with Crippen LogP contribution in [0.3, 0.4) is 0 Å². The Bertz CT molecular complexity index is 1120. The lowest BCUT2D eigenvalue weighted by Crippen LogP contribution is -2.38. The molecular formula is C25H21F2NO4. The van der Waals surface area contributed by atoms with Crippen LogP contribution in [0, 0.1) is 11.6 Å². The van der Waals surface area contributed by atoms with Crippen molar-refractivity contribution < 1.29 is 28.2 Å². The summed E-state index contributed by atoms with van der Waals surface area (Å²) >= 11 is 0. The number of halogens is 2. The van der Waals surface area contributed by atoms with Crippen LogP contribution < -0.4 is 0 Å². The summed E-state index contributed by atoms with van der Waals surface area (Å²) in [6.07, 6.45) is -0.605. The van der Waals surface area contributed by atoms with Crippen LogP contribution in [-0.2, 0) is 16.0 Å². The molecule has 0 radical (unpaired) electrons. The normalized spacial score (nSPS) is 12.2. The fourth-order valence-electron chi connectivity index (χ4n) is 4.04. The Morgan fingerprint density at radius 3 is 2.12 bits per heavy atom. The van der Waals surface area contributed by atoms with Gasteiger partial charge in [-0.25, -0.2) is 13.6 Å². The van der Waals surface area contributed by atoms with Gasteiger partial charge in [-0.1, -0.05) is 54.6 Å². The number of carboxylic acid groups (broad SMARTS) is 1. The Kier molecular flexibility index (Phi) is 6.16. The average Bonchev–Trinajstić information content (AvgIpc) is 3.11.